The summed E-state index contributed by atoms with van der Waals surface area (Å²) in [6, 6.07) is 23.2. The average Bonchev–Trinajstić information content (AvgIpc) is 2.69. The van der Waals surface area contributed by atoms with Crippen LogP contribution >= 0.6 is 0 Å². The van der Waals surface area contributed by atoms with Gasteiger partial charge in [0.25, 0.3) is 0 Å². The third-order valence-corrected chi connectivity index (χ3v) is 4.36. The van der Waals surface area contributed by atoms with Gasteiger partial charge in [-0.1, -0.05) is 42.5 Å². The number of amides is 1. The monoisotopic (exact) mass is 408 g/mol. The third kappa shape index (κ3) is 6.51. The van der Waals surface area contributed by atoms with Crippen molar-refractivity contribution in [3.05, 3.63) is 90.5 Å². The second-order valence-electron chi connectivity index (χ2n) is 6.23. The first-order valence-electron chi connectivity index (χ1n) is 8.78. The number of sulfonamides is 1. The summed E-state index contributed by atoms with van der Waals surface area (Å²) < 4.78 is 30.7. The minimum Gasteiger partial charge on any atom is -0.455 e. The molecule has 29 heavy (non-hydrogen) atoms. The van der Waals surface area contributed by atoms with Gasteiger partial charge in [-0.15, -0.1) is 0 Å². The molecule has 0 heterocycles. The number of hydrogen-bond donors (Lipinski definition) is 2. The zero-order valence-corrected chi connectivity index (χ0v) is 16.5. The molecular weight excluding hydrogens is 388 g/mol. The Morgan fingerprint density at radius 1 is 0.897 bits per heavy atom. The van der Waals surface area contributed by atoms with E-state index in [4.69, 9.17) is 4.74 Å². The second-order valence-corrected chi connectivity index (χ2v) is 7.98. The van der Waals surface area contributed by atoms with Crippen LogP contribution in [0.2, 0.25) is 0 Å². The lowest BCUT2D eigenvalue weighted by molar-refractivity contribution is -0.111. The number of hydrogen-bond acceptors (Lipinski definition) is 4. The van der Waals surface area contributed by atoms with Gasteiger partial charge in [0.15, 0.2) is 5.75 Å². The molecule has 0 aliphatic rings. The molecule has 0 spiro atoms. The van der Waals surface area contributed by atoms with Crippen LogP contribution in [0.25, 0.3) is 6.08 Å². The van der Waals surface area contributed by atoms with Crippen LogP contribution in [0.4, 0.5) is 11.4 Å². The minimum atomic E-state index is -3.32. The van der Waals surface area contributed by atoms with E-state index in [2.05, 4.69) is 10.0 Å². The van der Waals surface area contributed by atoms with E-state index in [9.17, 15) is 13.2 Å². The number of ether oxygens (including phenoxy) is 1. The summed E-state index contributed by atoms with van der Waals surface area (Å²) in [5.41, 5.74) is 1.77. The van der Waals surface area contributed by atoms with Gasteiger partial charge in [-0.25, -0.2) is 8.42 Å². The fraction of sp³-hybridized carbons (Fsp3) is 0.0455. The fourth-order valence-corrected chi connectivity index (χ4v) is 3.06. The Labute approximate surface area is 169 Å². The van der Waals surface area contributed by atoms with E-state index in [1.165, 1.54) is 6.08 Å². The van der Waals surface area contributed by atoms with Gasteiger partial charge in [0.05, 0.1) is 11.9 Å². The van der Waals surface area contributed by atoms with Gasteiger partial charge in [0.1, 0.15) is 5.75 Å². The molecule has 0 fully saturated rings. The first kappa shape index (κ1) is 20.2. The molecule has 3 rings (SSSR count). The number of benzene rings is 3. The maximum absolute atomic E-state index is 12.3. The molecule has 0 aliphatic heterocycles. The topological polar surface area (TPSA) is 84.5 Å². The van der Waals surface area contributed by atoms with Crippen molar-refractivity contribution in [1.82, 2.24) is 0 Å². The molecule has 0 radical (unpaired) electrons. The van der Waals surface area contributed by atoms with E-state index in [1.54, 1.807) is 42.5 Å². The highest BCUT2D eigenvalue weighted by molar-refractivity contribution is 7.92. The van der Waals surface area contributed by atoms with Gasteiger partial charge in [0, 0.05) is 11.8 Å². The normalized spacial score (nSPS) is 11.2. The Hall–Kier alpha value is -3.58. The van der Waals surface area contributed by atoms with Crippen molar-refractivity contribution in [2.24, 2.45) is 0 Å². The highest BCUT2D eigenvalue weighted by Gasteiger charge is 2.07. The Kier molecular flexibility index (Phi) is 6.31. The molecule has 3 aromatic rings. The molecule has 0 atom stereocenters. The number of para-hydroxylation sites is 3. The van der Waals surface area contributed by atoms with Gasteiger partial charge in [-0.3, -0.25) is 9.52 Å². The van der Waals surface area contributed by atoms with E-state index in [1.807, 2.05) is 42.5 Å². The number of rotatable bonds is 7. The molecular formula is C22H20N2O4S. The first-order chi connectivity index (χ1) is 13.9. The Morgan fingerprint density at radius 3 is 2.24 bits per heavy atom. The lowest BCUT2D eigenvalue weighted by Crippen LogP contribution is -2.09. The Bertz CT molecular complexity index is 1110. The predicted molar refractivity (Wildman–Crippen MR) is 116 cm³/mol. The molecule has 6 nitrogen and oxygen atoms in total. The van der Waals surface area contributed by atoms with Crippen LogP contribution in [0, 0.1) is 0 Å². The zero-order chi connectivity index (χ0) is 20.7. The van der Waals surface area contributed by atoms with Gasteiger partial charge in [-0.05, 0) is 48.0 Å². The molecule has 0 saturated heterocycles. The Balaban J connectivity index is 1.65. The molecule has 0 aliphatic carbocycles. The van der Waals surface area contributed by atoms with E-state index < -0.39 is 10.0 Å². The molecule has 7 heteroatoms. The summed E-state index contributed by atoms with van der Waals surface area (Å²) in [4.78, 5) is 12.3. The molecule has 3 aromatic carbocycles. The van der Waals surface area contributed by atoms with Crippen LogP contribution in [-0.4, -0.2) is 20.6 Å². The van der Waals surface area contributed by atoms with Crippen molar-refractivity contribution in [1.29, 1.82) is 0 Å². The molecule has 0 unspecified atom stereocenters. The van der Waals surface area contributed by atoms with E-state index in [0.29, 0.717) is 22.9 Å². The number of carbonyl (C=O) groups is 1. The first-order valence-corrected chi connectivity index (χ1v) is 10.7. The molecule has 0 saturated carbocycles. The van der Waals surface area contributed by atoms with E-state index in [0.717, 1.165) is 11.8 Å². The van der Waals surface area contributed by atoms with Crippen LogP contribution in [-0.2, 0) is 14.8 Å². The van der Waals surface area contributed by atoms with Gasteiger partial charge >= 0.3 is 0 Å². The molecule has 0 aromatic heterocycles. The van der Waals surface area contributed by atoms with Crippen LogP contribution in [0.3, 0.4) is 0 Å². The largest absolute Gasteiger partial charge is 0.455 e. The van der Waals surface area contributed by atoms with Crippen LogP contribution in [0.5, 0.6) is 11.5 Å². The third-order valence-electron chi connectivity index (χ3n) is 3.76. The van der Waals surface area contributed by atoms with Crippen molar-refractivity contribution in [3.63, 3.8) is 0 Å². The van der Waals surface area contributed by atoms with Crippen LogP contribution in [0.15, 0.2) is 84.9 Å². The lowest BCUT2D eigenvalue weighted by atomic mass is 10.2. The number of anilines is 2. The number of carbonyl (C=O) groups excluding carboxylic acids is 1. The molecule has 0 bridgehead atoms. The summed E-state index contributed by atoms with van der Waals surface area (Å²) >= 11 is 0. The standard InChI is InChI=1S/C22H20N2O4S/c1-29(26,27)24-18-14-11-17(12-15-18)13-16-22(25)23-20-9-5-6-10-21(20)28-19-7-3-2-4-8-19/h2-16,24H,1H3,(H,23,25)/b16-13+. The fourth-order valence-electron chi connectivity index (χ4n) is 2.50. The maximum atomic E-state index is 12.3. The SMILES string of the molecule is CS(=O)(=O)Nc1ccc(/C=C/C(=O)Nc2ccccc2Oc2ccccc2)cc1. The van der Waals surface area contributed by atoms with Crippen molar-refractivity contribution in [2.75, 3.05) is 16.3 Å². The summed E-state index contributed by atoms with van der Waals surface area (Å²) in [6.45, 7) is 0. The van der Waals surface area contributed by atoms with Crippen molar-refractivity contribution >= 4 is 33.4 Å². The smallest absolute Gasteiger partial charge is 0.248 e. The van der Waals surface area contributed by atoms with Crippen molar-refractivity contribution in [3.8, 4) is 11.5 Å². The average molecular weight is 408 g/mol. The van der Waals surface area contributed by atoms with E-state index >= 15 is 0 Å². The quantitative estimate of drug-likeness (QED) is 0.564. The molecule has 2 N–H and O–H groups in total. The second kappa shape index (κ2) is 9.07. The lowest BCUT2D eigenvalue weighted by Gasteiger charge is -2.11. The molecule has 148 valence electrons. The summed E-state index contributed by atoms with van der Waals surface area (Å²) in [5, 5.41) is 2.80. The van der Waals surface area contributed by atoms with E-state index in [-0.39, 0.29) is 5.91 Å². The molecule has 1 amide bonds. The van der Waals surface area contributed by atoms with Gasteiger partial charge < -0.3 is 10.1 Å². The summed E-state index contributed by atoms with van der Waals surface area (Å²) in [6.07, 6.45) is 4.13. The maximum Gasteiger partial charge on any atom is 0.248 e. The van der Waals surface area contributed by atoms with Crippen LogP contribution in [0.1, 0.15) is 5.56 Å². The Morgan fingerprint density at radius 2 is 1.55 bits per heavy atom. The zero-order valence-electron chi connectivity index (χ0n) is 15.7. The van der Waals surface area contributed by atoms with Crippen molar-refractivity contribution < 1.29 is 17.9 Å². The van der Waals surface area contributed by atoms with Crippen LogP contribution < -0.4 is 14.8 Å². The highest BCUT2D eigenvalue weighted by atomic mass is 32.2. The highest BCUT2D eigenvalue weighted by Crippen LogP contribution is 2.29. The van der Waals surface area contributed by atoms with Gasteiger partial charge in [-0.2, -0.15) is 0 Å². The summed E-state index contributed by atoms with van der Waals surface area (Å²) in [7, 11) is -3.32. The number of nitrogens with one attached hydrogen (secondary N) is 2. The summed E-state index contributed by atoms with van der Waals surface area (Å²) in [5.74, 6) is 0.900. The predicted octanol–water partition coefficient (Wildman–Crippen LogP) is 4.50. The minimum absolute atomic E-state index is 0.313. The van der Waals surface area contributed by atoms with Gasteiger partial charge in [0.2, 0.25) is 15.9 Å². The van der Waals surface area contributed by atoms with Crippen molar-refractivity contribution in [2.45, 2.75) is 0 Å².